The number of halogens is 4. The number of sulfonamides is 1. The van der Waals surface area contributed by atoms with Crippen LogP contribution in [0, 0.1) is 13.8 Å². The molecule has 35 heavy (non-hydrogen) atoms. The van der Waals surface area contributed by atoms with Crippen LogP contribution >= 0.6 is 11.6 Å². The lowest BCUT2D eigenvalue weighted by molar-refractivity contribution is -0.137. The van der Waals surface area contributed by atoms with E-state index < -0.39 is 44.2 Å². The predicted octanol–water partition coefficient (Wildman–Crippen LogP) is 4.38. The van der Waals surface area contributed by atoms with Gasteiger partial charge in [-0.1, -0.05) is 11.6 Å². The smallest absolute Gasteiger partial charge is 0.397 e. The summed E-state index contributed by atoms with van der Waals surface area (Å²) >= 11 is 5.64. The van der Waals surface area contributed by atoms with Crippen molar-refractivity contribution in [3.8, 4) is 0 Å². The maximum Gasteiger partial charge on any atom is 0.417 e. The SMILES string of the molecule is COCN(c1cc(N)cnc1C(=O)c1c(C)ccnc1C)S(=O)(=O)c1ccc(Cl)c(C(F)(F)F)c1. The average Bonchev–Trinajstić information content (AvgIpc) is 2.76. The van der Waals surface area contributed by atoms with Gasteiger partial charge in [-0.05, 0) is 49.7 Å². The van der Waals surface area contributed by atoms with E-state index in [-0.39, 0.29) is 22.6 Å². The molecule has 2 N–H and O–H groups in total. The quantitative estimate of drug-likeness (QED) is 0.357. The standard InChI is InChI=1S/C22H20ClF3N4O4S/c1-12-6-7-28-13(2)19(12)21(31)20-18(8-14(27)10-29-20)30(11-34-3)35(32,33)15-4-5-17(23)16(9-15)22(24,25)26/h4-10H,11,27H2,1-3H3. The van der Waals surface area contributed by atoms with Gasteiger partial charge in [-0.3, -0.25) is 9.78 Å². The third-order valence-electron chi connectivity index (χ3n) is 5.03. The van der Waals surface area contributed by atoms with Gasteiger partial charge in [-0.15, -0.1) is 0 Å². The van der Waals surface area contributed by atoms with Gasteiger partial charge in [-0.2, -0.15) is 13.2 Å². The number of aromatic nitrogens is 2. The van der Waals surface area contributed by atoms with E-state index in [0.717, 1.165) is 12.1 Å². The van der Waals surface area contributed by atoms with Crippen LogP contribution < -0.4 is 10.0 Å². The molecule has 8 nitrogen and oxygen atoms in total. The van der Waals surface area contributed by atoms with Crippen molar-refractivity contribution >= 4 is 38.8 Å². The molecule has 2 heterocycles. The molecule has 0 atom stereocenters. The second-order valence-electron chi connectivity index (χ2n) is 7.46. The monoisotopic (exact) mass is 528 g/mol. The van der Waals surface area contributed by atoms with Crippen LogP contribution in [0.3, 0.4) is 0 Å². The fourth-order valence-electron chi connectivity index (χ4n) is 3.38. The van der Waals surface area contributed by atoms with Crippen molar-refractivity contribution in [3.05, 3.63) is 75.8 Å². The van der Waals surface area contributed by atoms with Gasteiger partial charge < -0.3 is 10.5 Å². The molecule has 3 aromatic rings. The number of carbonyl (C=O) groups excluding carboxylic acids is 1. The number of anilines is 2. The second-order valence-corrected chi connectivity index (χ2v) is 9.73. The molecule has 0 saturated carbocycles. The molecule has 0 bridgehead atoms. The first-order chi connectivity index (χ1) is 16.3. The number of nitrogen functional groups attached to an aromatic ring is 1. The summed E-state index contributed by atoms with van der Waals surface area (Å²) < 4.78 is 72.8. The lowest BCUT2D eigenvalue weighted by Gasteiger charge is -2.26. The Labute approximate surface area is 204 Å². The molecule has 13 heteroatoms. The summed E-state index contributed by atoms with van der Waals surface area (Å²) in [6.07, 6.45) is -2.22. The Morgan fingerprint density at radius 3 is 2.46 bits per heavy atom. The molecule has 0 aliphatic heterocycles. The summed E-state index contributed by atoms with van der Waals surface area (Å²) in [6.45, 7) is 2.63. The largest absolute Gasteiger partial charge is 0.417 e. The highest BCUT2D eigenvalue weighted by molar-refractivity contribution is 7.92. The third kappa shape index (κ3) is 5.24. The number of nitrogens with two attached hydrogens (primary N) is 1. The van der Waals surface area contributed by atoms with Gasteiger partial charge in [0.05, 0.1) is 33.1 Å². The zero-order valence-electron chi connectivity index (χ0n) is 18.7. The number of carbonyl (C=O) groups is 1. The van der Waals surface area contributed by atoms with Crippen molar-refractivity contribution < 1.29 is 31.1 Å². The summed E-state index contributed by atoms with van der Waals surface area (Å²) in [7, 11) is -3.52. The van der Waals surface area contributed by atoms with Crippen LogP contribution in [-0.2, 0) is 20.9 Å². The van der Waals surface area contributed by atoms with Gasteiger partial charge in [0.1, 0.15) is 12.4 Å². The van der Waals surface area contributed by atoms with Crippen LogP contribution in [0.4, 0.5) is 24.5 Å². The molecule has 0 aliphatic carbocycles. The number of aryl methyl sites for hydroxylation is 2. The van der Waals surface area contributed by atoms with E-state index in [2.05, 4.69) is 9.97 Å². The van der Waals surface area contributed by atoms with E-state index in [0.29, 0.717) is 21.6 Å². The highest BCUT2D eigenvalue weighted by atomic mass is 35.5. The minimum absolute atomic E-state index is 0.0135. The first-order valence-corrected chi connectivity index (χ1v) is 11.7. The average molecular weight is 529 g/mol. The molecular formula is C22H20ClF3N4O4S. The zero-order chi connectivity index (χ0) is 26.1. The van der Waals surface area contributed by atoms with Crippen LogP contribution in [-0.4, -0.2) is 38.0 Å². The van der Waals surface area contributed by atoms with E-state index >= 15 is 0 Å². The van der Waals surface area contributed by atoms with Crippen molar-refractivity contribution in [2.24, 2.45) is 0 Å². The minimum atomic E-state index is -4.90. The lowest BCUT2D eigenvalue weighted by atomic mass is 10.0. The Kier molecular flexibility index (Phi) is 7.39. The van der Waals surface area contributed by atoms with Gasteiger partial charge in [-0.25, -0.2) is 17.7 Å². The van der Waals surface area contributed by atoms with Crippen molar-refractivity contribution in [2.75, 3.05) is 23.9 Å². The molecule has 0 saturated heterocycles. The number of hydrogen-bond acceptors (Lipinski definition) is 7. The first-order valence-electron chi connectivity index (χ1n) is 9.90. The van der Waals surface area contributed by atoms with E-state index in [1.54, 1.807) is 19.9 Å². The Morgan fingerprint density at radius 1 is 1.17 bits per heavy atom. The predicted molar refractivity (Wildman–Crippen MR) is 124 cm³/mol. The summed E-state index contributed by atoms with van der Waals surface area (Å²) in [5.41, 5.74) is 5.09. The van der Waals surface area contributed by atoms with Crippen molar-refractivity contribution in [2.45, 2.75) is 24.9 Å². The van der Waals surface area contributed by atoms with Gasteiger partial charge in [0.25, 0.3) is 10.0 Å². The maximum absolute atomic E-state index is 13.5. The van der Waals surface area contributed by atoms with Crippen molar-refractivity contribution in [1.29, 1.82) is 0 Å². The highest BCUT2D eigenvalue weighted by Crippen LogP contribution is 2.37. The van der Waals surface area contributed by atoms with E-state index in [1.165, 1.54) is 25.6 Å². The fraction of sp³-hybridized carbons (Fsp3) is 0.227. The summed E-state index contributed by atoms with van der Waals surface area (Å²) in [6, 6.07) is 4.95. The number of hydrogen-bond donors (Lipinski definition) is 1. The van der Waals surface area contributed by atoms with E-state index in [1.807, 2.05) is 0 Å². The molecule has 3 rings (SSSR count). The van der Waals surface area contributed by atoms with E-state index in [4.69, 9.17) is 22.1 Å². The summed E-state index contributed by atoms with van der Waals surface area (Å²) in [5.74, 6) is -0.647. The van der Waals surface area contributed by atoms with Crippen LogP contribution in [0.1, 0.15) is 32.9 Å². The first kappa shape index (κ1) is 26.4. The maximum atomic E-state index is 13.5. The topological polar surface area (TPSA) is 115 Å². The Balaban J connectivity index is 2.24. The molecular weight excluding hydrogens is 509 g/mol. The lowest BCUT2D eigenvalue weighted by Crippen LogP contribution is -2.35. The molecule has 0 unspecified atom stereocenters. The number of nitrogens with zero attached hydrogens (tertiary/aromatic N) is 3. The molecule has 0 fully saturated rings. The van der Waals surface area contributed by atoms with Crippen LogP contribution in [0.5, 0.6) is 0 Å². The van der Waals surface area contributed by atoms with Gasteiger partial charge in [0, 0.05) is 24.6 Å². The molecule has 0 aliphatic rings. The Bertz CT molecular complexity index is 1380. The Hall–Kier alpha value is -3.22. The number of alkyl halides is 3. The van der Waals surface area contributed by atoms with Crippen LogP contribution in [0.15, 0.2) is 47.6 Å². The molecule has 0 amide bonds. The number of methoxy groups -OCH3 is 1. The number of ketones is 1. The molecule has 2 aromatic heterocycles. The van der Waals surface area contributed by atoms with Crippen molar-refractivity contribution in [1.82, 2.24) is 9.97 Å². The zero-order valence-corrected chi connectivity index (χ0v) is 20.3. The molecule has 0 radical (unpaired) electrons. The fourth-order valence-corrected chi connectivity index (χ4v) is 5.01. The number of pyridine rings is 2. The Morgan fingerprint density at radius 2 is 1.86 bits per heavy atom. The summed E-state index contributed by atoms with van der Waals surface area (Å²) in [4.78, 5) is 20.9. The van der Waals surface area contributed by atoms with E-state index in [9.17, 15) is 26.4 Å². The molecule has 0 spiro atoms. The second kappa shape index (κ2) is 9.80. The minimum Gasteiger partial charge on any atom is -0.397 e. The van der Waals surface area contributed by atoms with Crippen molar-refractivity contribution in [3.63, 3.8) is 0 Å². The number of ether oxygens (including phenoxy) is 1. The van der Waals surface area contributed by atoms with Gasteiger partial charge in [0.2, 0.25) is 5.78 Å². The highest BCUT2D eigenvalue weighted by Gasteiger charge is 2.36. The van der Waals surface area contributed by atoms with Crippen LogP contribution in [0.2, 0.25) is 5.02 Å². The molecule has 186 valence electrons. The van der Waals surface area contributed by atoms with Gasteiger partial charge in [0.15, 0.2) is 0 Å². The summed E-state index contributed by atoms with van der Waals surface area (Å²) in [5, 5.41) is -0.668. The molecule has 1 aromatic carbocycles. The number of benzene rings is 1. The number of rotatable bonds is 7. The normalized spacial score (nSPS) is 12.0. The van der Waals surface area contributed by atoms with Gasteiger partial charge >= 0.3 is 6.18 Å². The third-order valence-corrected chi connectivity index (χ3v) is 7.09. The van der Waals surface area contributed by atoms with Crippen LogP contribution in [0.25, 0.3) is 0 Å².